The van der Waals surface area contributed by atoms with Crippen molar-refractivity contribution in [1.29, 1.82) is 0 Å². The van der Waals surface area contributed by atoms with E-state index in [9.17, 15) is 4.79 Å². The number of carbonyl (C=O) groups is 1. The molecule has 0 saturated carbocycles. The molecule has 0 spiro atoms. The number of rotatable bonds is 3. The average molecular weight is 360 g/mol. The van der Waals surface area contributed by atoms with Crippen molar-refractivity contribution in [1.82, 2.24) is 4.90 Å². The summed E-state index contributed by atoms with van der Waals surface area (Å²) in [7, 11) is 1.65. The molecule has 0 fully saturated rings. The number of nitrogens with zero attached hydrogens (tertiary/aromatic N) is 1. The highest BCUT2D eigenvalue weighted by atomic mass is 79.9. The van der Waals surface area contributed by atoms with Gasteiger partial charge in [-0.1, -0.05) is 34.1 Å². The zero-order valence-corrected chi connectivity index (χ0v) is 14.5. The maximum absolute atomic E-state index is 12.8. The molecule has 0 saturated heterocycles. The molecule has 0 unspecified atom stereocenters. The van der Waals surface area contributed by atoms with Crippen molar-refractivity contribution in [3.8, 4) is 5.75 Å². The van der Waals surface area contributed by atoms with E-state index in [1.165, 1.54) is 0 Å². The molecule has 1 heterocycles. The molecule has 114 valence electrons. The summed E-state index contributed by atoms with van der Waals surface area (Å²) in [4.78, 5) is 14.7. The molecule has 0 aliphatic carbocycles. The molecule has 0 atom stereocenters. The van der Waals surface area contributed by atoms with Crippen LogP contribution in [0.5, 0.6) is 5.75 Å². The van der Waals surface area contributed by atoms with E-state index in [1.54, 1.807) is 7.11 Å². The lowest BCUT2D eigenvalue weighted by Crippen LogP contribution is -2.38. The lowest BCUT2D eigenvalue weighted by atomic mass is 9.93. The number of carbonyl (C=O) groups excluding carboxylic acids is 1. The Kier molecular flexibility index (Phi) is 3.73. The van der Waals surface area contributed by atoms with Gasteiger partial charge in [0.15, 0.2) is 0 Å². The molecule has 4 heteroatoms. The summed E-state index contributed by atoms with van der Waals surface area (Å²) in [5.41, 5.74) is 2.64. The average Bonchev–Trinajstić information content (AvgIpc) is 2.68. The second-order valence-corrected chi connectivity index (χ2v) is 6.90. The molecular formula is C18H18BrNO2. The number of benzene rings is 2. The fraction of sp³-hybridized carbons (Fsp3) is 0.278. The first-order valence-corrected chi connectivity index (χ1v) is 7.97. The number of fused-ring (bicyclic) bond motifs is 1. The molecule has 2 aromatic rings. The van der Waals surface area contributed by atoms with Crippen molar-refractivity contribution < 1.29 is 9.53 Å². The van der Waals surface area contributed by atoms with E-state index in [0.717, 1.165) is 26.9 Å². The molecule has 22 heavy (non-hydrogen) atoms. The van der Waals surface area contributed by atoms with Crippen LogP contribution in [0.15, 0.2) is 46.9 Å². The molecule has 0 N–H and O–H groups in total. The number of halogens is 1. The number of hydrogen-bond acceptors (Lipinski definition) is 2. The minimum Gasteiger partial charge on any atom is -0.497 e. The Morgan fingerprint density at radius 3 is 2.45 bits per heavy atom. The van der Waals surface area contributed by atoms with Crippen molar-refractivity contribution in [3.05, 3.63) is 63.6 Å². The summed E-state index contributed by atoms with van der Waals surface area (Å²) in [6.45, 7) is 4.77. The third-order valence-corrected chi connectivity index (χ3v) is 4.78. The van der Waals surface area contributed by atoms with Crippen LogP contribution in [0.4, 0.5) is 0 Å². The number of amides is 1. The molecule has 0 radical (unpaired) electrons. The highest BCUT2D eigenvalue weighted by Gasteiger charge is 2.42. The summed E-state index contributed by atoms with van der Waals surface area (Å²) in [6, 6.07) is 13.8. The Morgan fingerprint density at radius 2 is 1.82 bits per heavy atom. The number of methoxy groups -OCH3 is 1. The predicted molar refractivity (Wildman–Crippen MR) is 90.0 cm³/mol. The largest absolute Gasteiger partial charge is 0.497 e. The Balaban J connectivity index is 1.93. The van der Waals surface area contributed by atoms with Crippen LogP contribution in [0.1, 0.15) is 35.3 Å². The van der Waals surface area contributed by atoms with Gasteiger partial charge in [-0.3, -0.25) is 4.79 Å². The summed E-state index contributed by atoms with van der Waals surface area (Å²) in [5.74, 6) is 0.903. The highest BCUT2D eigenvalue weighted by molar-refractivity contribution is 9.10. The maximum Gasteiger partial charge on any atom is 0.255 e. The van der Waals surface area contributed by atoms with Crippen LogP contribution in [0.3, 0.4) is 0 Å². The fourth-order valence-corrected chi connectivity index (χ4v) is 3.32. The first-order chi connectivity index (χ1) is 10.4. The quantitative estimate of drug-likeness (QED) is 0.815. The van der Waals surface area contributed by atoms with Crippen LogP contribution in [0.25, 0.3) is 0 Å². The molecule has 1 aliphatic heterocycles. The van der Waals surface area contributed by atoms with Crippen LogP contribution in [-0.4, -0.2) is 17.9 Å². The molecule has 0 aromatic heterocycles. The fourth-order valence-electron chi connectivity index (χ4n) is 2.95. The lowest BCUT2D eigenvalue weighted by Gasteiger charge is -2.32. The molecule has 2 aromatic carbocycles. The van der Waals surface area contributed by atoms with Gasteiger partial charge < -0.3 is 9.64 Å². The van der Waals surface area contributed by atoms with Gasteiger partial charge >= 0.3 is 0 Å². The molecule has 3 rings (SSSR count). The first kappa shape index (κ1) is 15.1. The van der Waals surface area contributed by atoms with Gasteiger partial charge in [-0.2, -0.15) is 0 Å². The molecule has 0 bridgehead atoms. The van der Waals surface area contributed by atoms with Crippen molar-refractivity contribution in [2.45, 2.75) is 25.9 Å². The summed E-state index contributed by atoms with van der Waals surface area (Å²) in [6.07, 6.45) is 0. The summed E-state index contributed by atoms with van der Waals surface area (Å²) in [5, 5.41) is 0. The van der Waals surface area contributed by atoms with E-state index in [0.29, 0.717) is 6.54 Å². The van der Waals surface area contributed by atoms with Gasteiger partial charge in [0.2, 0.25) is 0 Å². The monoisotopic (exact) mass is 359 g/mol. The minimum absolute atomic E-state index is 0.0807. The zero-order valence-electron chi connectivity index (χ0n) is 12.9. The van der Waals surface area contributed by atoms with Gasteiger partial charge in [0.05, 0.1) is 12.6 Å². The Hall–Kier alpha value is -1.81. The SMILES string of the molecule is COc1ccc(CN2C(=O)c3cc(Br)ccc3C2(C)C)cc1. The van der Waals surface area contributed by atoms with Crippen LogP contribution < -0.4 is 4.74 Å². The van der Waals surface area contributed by atoms with Crippen molar-refractivity contribution in [2.75, 3.05) is 7.11 Å². The summed E-state index contributed by atoms with van der Waals surface area (Å²) < 4.78 is 6.11. The maximum atomic E-state index is 12.8. The minimum atomic E-state index is -0.312. The zero-order chi connectivity index (χ0) is 15.9. The second-order valence-electron chi connectivity index (χ2n) is 5.99. The third kappa shape index (κ3) is 2.41. The molecule has 1 aliphatic rings. The smallest absolute Gasteiger partial charge is 0.255 e. The van der Waals surface area contributed by atoms with E-state index in [1.807, 2.05) is 47.4 Å². The molecule has 1 amide bonds. The van der Waals surface area contributed by atoms with Gasteiger partial charge in [0.1, 0.15) is 5.75 Å². The van der Waals surface area contributed by atoms with E-state index >= 15 is 0 Å². The summed E-state index contributed by atoms with van der Waals surface area (Å²) >= 11 is 3.45. The Labute approximate surface area is 139 Å². The Bertz CT molecular complexity index is 722. The highest BCUT2D eigenvalue weighted by Crippen LogP contribution is 2.40. The van der Waals surface area contributed by atoms with E-state index in [-0.39, 0.29) is 11.4 Å². The molecule has 3 nitrogen and oxygen atoms in total. The van der Waals surface area contributed by atoms with Crippen molar-refractivity contribution in [3.63, 3.8) is 0 Å². The van der Waals surface area contributed by atoms with E-state index in [2.05, 4.69) is 29.8 Å². The predicted octanol–water partition coefficient (Wildman–Crippen LogP) is 4.35. The van der Waals surface area contributed by atoms with Crippen LogP contribution in [0.2, 0.25) is 0 Å². The van der Waals surface area contributed by atoms with Gasteiger partial charge in [0, 0.05) is 16.6 Å². The first-order valence-electron chi connectivity index (χ1n) is 7.18. The number of hydrogen-bond donors (Lipinski definition) is 0. The molecular weight excluding hydrogens is 342 g/mol. The van der Waals surface area contributed by atoms with Gasteiger partial charge in [-0.25, -0.2) is 0 Å². The van der Waals surface area contributed by atoms with Crippen LogP contribution in [0, 0.1) is 0 Å². The lowest BCUT2D eigenvalue weighted by molar-refractivity contribution is 0.0595. The van der Waals surface area contributed by atoms with E-state index < -0.39 is 0 Å². The van der Waals surface area contributed by atoms with Crippen molar-refractivity contribution in [2.24, 2.45) is 0 Å². The normalized spacial score (nSPS) is 15.8. The second kappa shape index (κ2) is 5.43. The topological polar surface area (TPSA) is 29.5 Å². The third-order valence-electron chi connectivity index (χ3n) is 4.29. The number of ether oxygens (including phenoxy) is 1. The standard InChI is InChI=1S/C18H18BrNO2/c1-18(2)16-9-6-13(19)10-15(16)17(21)20(18)11-12-4-7-14(22-3)8-5-12/h4-10H,11H2,1-3H3. The van der Waals surface area contributed by atoms with Gasteiger partial charge in [0.25, 0.3) is 5.91 Å². The van der Waals surface area contributed by atoms with Crippen LogP contribution >= 0.6 is 15.9 Å². The van der Waals surface area contributed by atoms with Gasteiger partial charge in [-0.05, 0) is 49.2 Å². The van der Waals surface area contributed by atoms with Gasteiger partial charge in [-0.15, -0.1) is 0 Å². The van der Waals surface area contributed by atoms with Crippen LogP contribution in [-0.2, 0) is 12.1 Å². The van der Waals surface area contributed by atoms with Crippen molar-refractivity contribution >= 4 is 21.8 Å². The van der Waals surface area contributed by atoms with E-state index in [4.69, 9.17) is 4.74 Å². The Morgan fingerprint density at radius 1 is 1.14 bits per heavy atom.